The molecule has 0 aliphatic heterocycles. The molecule has 0 spiro atoms. The molecule has 2 aromatic rings. The zero-order chi connectivity index (χ0) is 9.80. The van der Waals surface area contributed by atoms with Gasteiger partial charge in [0, 0.05) is 16.7 Å². The van der Waals surface area contributed by atoms with Gasteiger partial charge in [-0.3, -0.25) is 0 Å². The van der Waals surface area contributed by atoms with Gasteiger partial charge < -0.3 is 4.74 Å². The number of rotatable bonds is 3. The molecule has 1 nitrogen and oxygen atoms in total. The van der Waals surface area contributed by atoms with E-state index in [2.05, 4.69) is 23.6 Å². The van der Waals surface area contributed by atoms with Gasteiger partial charge in [0.1, 0.15) is 5.75 Å². The minimum absolute atomic E-state index is 0.909. The SMILES string of the molecule is COc1ccc(Cc2cc[c]s2)cc1. The predicted molar refractivity (Wildman–Crippen MR) is 59.0 cm³/mol. The lowest BCUT2D eigenvalue weighted by Crippen LogP contribution is -1.86. The van der Waals surface area contributed by atoms with E-state index in [1.807, 2.05) is 18.2 Å². The van der Waals surface area contributed by atoms with Crippen molar-refractivity contribution in [2.75, 3.05) is 7.11 Å². The second kappa shape index (κ2) is 4.29. The van der Waals surface area contributed by atoms with Gasteiger partial charge in [0.2, 0.25) is 0 Å². The molecule has 0 N–H and O–H groups in total. The lowest BCUT2D eigenvalue weighted by atomic mass is 10.1. The largest absolute Gasteiger partial charge is 0.497 e. The number of thiophene rings is 1. The topological polar surface area (TPSA) is 9.23 Å². The molecule has 14 heavy (non-hydrogen) atoms. The van der Waals surface area contributed by atoms with Crippen LogP contribution in [0, 0.1) is 5.38 Å². The molecule has 0 saturated heterocycles. The van der Waals surface area contributed by atoms with Crippen LogP contribution >= 0.6 is 11.3 Å². The third-order valence-corrected chi connectivity index (χ3v) is 2.86. The average Bonchev–Trinajstić information content (AvgIpc) is 2.72. The summed E-state index contributed by atoms with van der Waals surface area (Å²) < 4.78 is 5.10. The fraction of sp³-hybridized carbons (Fsp3) is 0.167. The van der Waals surface area contributed by atoms with E-state index in [9.17, 15) is 0 Å². The minimum Gasteiger partial charge on any atom is -0.497 e. The lowest BCUT2D eigenvalue weighted by Gasteiger charge is -2.01. The van der Waals surface area contributed by atoms with Crippen LogP contribution in [0.1, 0.15) is 10.4 Å². The second-order valence-corrected chi connectivity index (χ2v) is 4.01. The summed E-state index contributed by atoms with van der Waals surface area (Å²) in [6, 6.07) is 12.2. The van der Waals surface area contributed by atoms with E-state index in [0.717, 1.165) is 12.2 Å². The third-order valence-electron chi connectivity index (χ3n) is 2.06. The molecule has 0 amide bonds. The Morgan fingerprint density at radius 2 is 2.00 bits per heavy atom. The highest BCUT2D eigenvalue weighted by Gasteiger charge is 1.97. The Balaban J connectivity index is 2.10. The third kappa shape index (κ3) is 2.15. The fourth-order valence-electron chi connectivity index (χ4n) is 1.31. The average molecular weight is 203 g/mol. The summed E-state index contributed by atoms with van der Waals surface area (Å²) >= 11 is 1.67. The maximum atomic E-state index is 5.10. The van der Waals surface area contributed by atoms with Crippen LogP contribution in [0.5, 0.6) is 5.75 Å². The summed E-state index contributed by atoms with van der Waals surface area (Å²) in [7, 11) is 1.68. The quantitative estimate of drug-likeness (QED) is 0.744. The summed E-state index contributed by atoms with van der Waals surface area (Å²) in [5.74, 6) is 0.909. The van der Waals surface area contributed by atoms with Crippen molar-refractivity contribution in [3.8, 4) is 5.75 Å². The van der Waals surface area contributed by atoms with E-state index < -0.39 is 0 Å². The van der Waals surface area contributed by atoms with Gasteiger partial charge in [0.05, 0.1) is 7.11 Å². The zero-order valence-electron chi connectivity index (χ0n) is 7.99. The van der Waals surface area contributed by atoms with Gasteiger partial charge >= 0.3 is 0 Å². The molecule has 0 saturated carbocycles. The smallest absolute Gasteiger partial charge is 0.118 e. The standard InChI is InChI=1S/C12H11OS/c1-13-11-6-4-10(5-7-11)9-12-3-2-8-14-12/h2-7H,9H2,1H3. The first-order valence-corrected chi connectivity index (χ1v) is 5.28. The number of hydrogen-bond acceptors (Lipinski definition) is 2. The summed E-state index contributed by atoms with van der Waals surface area (Å²) in [6.07, 6.45) is 0.984. The Hall–Kier alpha value is -1.28. The monoisotopic (exact) mass is 203 g/mol. The van der Waals surface area contributed by atoms with Crippen molar-refractivity contribution in [3.63, 3.8) is 0 Å². The Bertz CT molecular complexity index is 375. The summed E-state index contributed by atoms with van der Waals surface area (Å²) in [4.78, 5) is 1.34. The zero-order valence-corrected chi connectivity index (χ0v) is 8.80. The van der Waals surface area contributed by atoms with Crippen LogP contribution in [-0.2, 0) is 6.42 Å². The van der Waals surface area contributed by atoms with E-state index in [4.69, 9.17) is 4.74 Å². The molecule has 0 bridgehead atoms. The minimum atomic E-state index is 0.909. The van der Waals surface area contributed by atoms with Gasteiger partial charge in [0.25, 0.3) is 0 Å². The van der Waals surface area contributed by atoms with Gasteiger partial charge in [-0.1, -0.05) is 12.1 Å². The molecule has 2 heteroatoms. The maximum absolute atomic E-state index is 5.10. The molecule has 1 aromatic carbocycles. The van der Waals surface area contributed by atoms with E-state index >= 15 is 0 Å². The molecule has 0 atom stereocenters. The second-order valence-electron chi connectivity index (χ2n) is 3.04. The molecule has 1 radical (unpaired) electrons. The summed E-state index contributed by atoms with van der Waals surface area (Å²) in [5.41, 5.74) is 1.31. The first-order valence-electron chi connectivity index (χ1n) is 4.46. The number of ether oxygens (including phenoxy) is 1. The van der Waals surface area contributed by atoms with Crippen molar-refractivity contribution in [2.45, 2.75) is 6.42 Å². The Morgan fingerprint density at radius 3 is 2.57 bits per heavy atom. The molecule has 0 aliphatic rings. The summed E-state index contributed by atoms with van der Waals surface area (Å²) in [6.45, 7) is 0. The van der Waals surface area contributed by atoms with Gasteiger partial charge in [-0.05, 0) is 29.8 Å². The first-order chi connectivity index (χ1) is 6.88. The van der Waals surface area contributed by atoms with Crippen molar-refractivity contribution in [2.24, 2.45) is 0 Å². The van der Waals surface area contributed by atoms with Crippen molar-refractivity contribution in [1.29, 1.82) is 0 Å². The lowest BCUT2D eigenvalue weighted by molar-refractivity contribution is 0.414. The first kappa shape index (κ1) is 9.28. The molecular weight excluding hydrogens is 192 g/mol. The van der Waals surface area contributed by atoms with E-state index in [0.29, 0.717) is 0 Å². The molecule has 71 valence electrons. The normalized spacial score (nSPS) is 10.1. The van der Waals surface area contributed by atoms with Crippen molar-refractivity contribution in [1.82, 2.24) is 0 Å². The number of methoxy groups -OCH3 is 1. The maximum Gasteiger partial charge on any atom is 0.118 e. The van der Waals surface area contributed by atoms with Crippen molar-refractivity contribution >= 4 is 11.3 Å². The van der Waals surface area contributed by atoms with Crippen LogP contribution in [0.15, 0.2) is 36.4 Å². The molecule has 0 unspecified atom stereocenters. The van der Waals surface area contributed by atoms with Crippen LogP contribution in [0.2, 0.25) is 0 Å². The molecule has 1 aromatic heterocycles. The Labute approximate surface area is 88.0 Å². The fourth-order valence-corrected chi connectivity index (χ4v) is 1.97. The van der Waals surface area contributed by atoms with Gasteiger partial charge in [-0.15, -0.1) is 11.3 Å². The van der Waals surface area contributed by atoms with Crippen LogP contribution in [0.25, 0.3) is 0 Å². The Kier molecular flexibility index (Phi) is 2.84. The van der Waals surface area contributed by atoms with Crippen LogP contribution in [0.4, 0.5) is 0 Å². The van der Waals surface area contributed by atoms with E-state index in [-0.39, 0.29) is 0 Å². The highest BCUT2D eigenvalue weighted by Crippen LogP contribution is 2.17. The van der Waals surface area contributed by atoms with Crippen molar-refractivity contribution < 1.29 is 4.74 Å². The predicted octanol–water partition coefficient (Wildman–Crippen LogP) is 3.15. The van der Waals surface area contributed by atoms with E-state index in [1.165, 1.54) is 10.4 Å². The van der Waals surface area contributed by atoms with Crippen LogP contribution in [-0.4, -0.2) is 7.11 Å². The van der Waals surface area contributed by atoms with Crippen LogP contribution < -0.4 is 4.74 Å². The highest BCUT2D eigenvalue weighted by molar-refractivity contribution is 7.09. The van der Waals surface area contributed by atoms with Gasteiger partial charge in [-0.2, -0.15) is 0 Å². The number of benzene rings is 1. The summed E-state index contributed by atoms with van der Waals surface area (Å²) in [5, 5.41) is 3.09. The number of hydrogen-bond donors (Lipinski definition) is 0. The van der Waals surface area contributed by atoms with E-state index in [1.54, 1.807) is 18.4 Å². The molecular formula is C12H11OS. The molecule has 0 fully saturated rings. The van der Waals surface area contributed by atoms with Crippen molar-refractivity contribution in [3.05, 3.63) is 52.2 Å². The highest BCUT2D eigenvalue weighted by atomic mass is 32.1. The van der Waals surface area contributed by atoms with Crippen LogP contribution in [0.3, 0.4) is 0 Å². The molecule has 0 aliphatic carbocycles. The van der Waals surface area contributed by atoms with Gasteiger partial charge in [0.15, 0.2) is 0 Å². The molecule has 2 rings (SSSR count). The van der Waals surface area contributed by atoms with Gasteiger partial charge in [-0.25, -0.2) is 0 Å². The molecule has 1 heterocycles. The Morgan fingerprint density at radius 1 is 1.21 bits per heavy atom.